The Morgan fingerprint density at radius 3 is 2.19 bits per heavy atom. The van der Waals surface area contributed by atoms with Gasteiger partial charge in [-0.25, -0.2) is 0 Å². The van der Waals surface area contributed by atoms with Gasteiger partial charge in [0.15, 0.2) is 0 Å². The summed E-state index contributed by atoms with van der Waals surface area (Å²) in [7, 11) is 0. The molecule has 3 N–H and O–H groups in total. The van der Waals surface area contributed by atoms with Crippen molar-refractivity contribution in [1.29, 1.82) is 0 Å². The maximum Gasteiger partial charge on any atom is 0.0713 e. The molecule has 2 atom stereocenters. The SMILES string of the molecule is C[C@H](O)C(C)(CO)NCc1cc2c3ccccc3ccc2c2ccccc12. The van der Waals surface area contributed by atoms with Gasteiger partial charge in [0.05, 0.1) is 18.2 Å². The van der Waals surface area contributed by atoms with Crippen LogP contribution in [0.5, 0.6) is 0 Å². The van der Waals surface area contributed by atoms with E-state index in [1.807, 2.05) is 6.92 Å². The minimum Gasteiger partial charge on any atom is -0.394 e. The van der Waals surface area contributed by atoms with E-state index in [1.165, 1.54) is 32.3 Å². The Balaban J connectivity index is 1.92. The number of rotatable bonds is 5. The lowest BCUT2D eigenvalue weighted by atomic mass is 9.92. The zero-order chi connectivity index (χ0) is 19.0. The van der Waals surface area contributed by atoms with E-state index in [-0.39, 0.29) is 6.61 Å². The minimum atomic E-state index is -0.741. The molecular weight excluding hydrogens is 334 g/mol. The molecule has 0 aliphatic heterocycles. The molecule has 0 saturated heterocycles. The zero-order valence-electron chi connectivity index (χ0n) is 15.7. The van der Waals surface area contributed by atoms with Crippen LogP contribution in [0.25, 0.3) is 32.3 Å². The van der Waals surface area contributed by atoms with Crippen LogP contribution in [-0.2, 0) is 6.54 Å². The number of fused-ring (bicyclic) bond motifs is 5. The molecule has 0 aromatic heterocycles. The maximum atomic E-state index is 10.1. The van der Waals surface area contributed by atoms with Gasteiger partial charge in [0.2, 0.25) is 0 Å². The average Bonchev–Trinajstić information content (AvgIpc) is 2.71. The molecule has 0 bridgehead atoms. The van der Waals surface area contributed by atoms with Crippen LogP contribution in [0.1, 0.15) is 19.4 Å². The summed E-state index contributed by atoms with van der Waals surface area (Å²) in [4.78, 5) is 0. The molecule has 4 aromatic rings. The van der Waals surface area contributed by atoms with E-state index in [4.69, 9.17) is 0 Å². The van der Waals surface area contributed by atoms with E-state index >= 15 is 0 Å². The van der Waals surface area contributed by atoms with Gasteiger partial charge in [-0.1, -0.05) is 60.7 Å². The number of aliphatic hydroxyl groups excluding tert-OH is 2. The van der Waals surface area contributed by atoms with Crippen molar-refractivity contribution < 1.29 is 10.2 Å². The van der Waals surface area contributed by atoms with Crippen LogP contribution in [0.15, 0.2) is 66.7 Å². The third-order valence-corrected chi connectivity index (χ3v) is 5.79. The summed E-state index contributed by atoms with van der Waals surface area (Å²) in [6, 6.07) is 23.5. The largest absolute Gasteiger partial charge is 0.394 e. The van der Waals surface area contributed by atoms with Crippen LogP contribution in [0, 0.1) is 0 Å². The smallest absolute Gasteiger partial charge is 0.0713 e. The second-order valence-corrected chi connectivity index (χ2v) is 7.57. The summed E-state index contributed by atoms with van der Waals surface area (Å²) >= 11 is 0. The molecule has 0 fully saturated rings. The van der Waals surface area contributed by atoms with Gasteiger partial charge in [0.25, 0.3) is 0 Å². The first-order valence-electron chi connectivity index (χ1n) is 9.39. The predicted molar refractivity (Wildman–Crippen MR) is 113 cm³/mol. The molecule has 27 heavy (non-hydrogen) atoms. The Morgan fingerprint density at radius 1 is 0.852 bits per heavy atom. The van der Waals surface area contributed by atoms with Crippen LogP contribution < -0.4 is 5.32 Å². The summed E-state index contributed by atoms with van der Waals surface area (Å²) in [5.41, 5.74) is 0.421. The van der Waals surface area contributed by atoms with Crippen LogP contribution in [0.3, 0.4) is 0 Å². The Morgan fingerprint density at radius 2 is 1.48 bits per heavy atom. The minimum absolute atomic E-state index is 0.126. The predicted octanol–water partition coefficient (Wildman–Crippen LogP) is 4.37. The van der Waals surface area contributed by atoms with Crippen molar-refractivity contribution >= 4 is 32.3 Å². The molecule has 4 rings (SSSR count). The second-order valence-electron chi connectivity index (χ2n) is 7.57. The highest BCUT2D eigenvalue weighted by atomic mass is 16.3. The van der Waals surface area contributed by atoms with Gasteiger partial charge in [-0.2, -0.15) is 0 Å². The fourth-order valence-electron chi connectivity index (χ4n) is 3.72. The number of aliphatic hydroxyl groups is 2. The van der Waals surface area contributed by atoms with Crippen molar-refractivity contribution in [3.8, 4) is 0 Å². The molecule has 138 valence electrons. The van der Waals surface area contributed by atoms with Gasteiger partial charge in [0, 0.05) is 6.54 Å². The third kappa shape index (κ3) is 3.08. The average molecular weight is 359 g/mol. The number of hydrogen-bond donors (Lipinski definition) is 3. The quantitative estimate of drug-likeness (QED) is 0.464. The Hall–Kier alpha value is -2.46. The molecule has 3 nitrogen and oxygen atoms in total. The monoisotopic (exact) mass is 359 g/mol. The summed E-state index contributed by atoms with van der Waals surface area (Å²) in [6.07, 6.45) is -0.657. The number of nitrogens with one attached hydrogen (secondary N) is 1. The molecule has 0 spiro atoms. The maximum absolute atomic E-state index is 10.1. The van der Waals surface area contributed by atoms with Gasteiger partial charge in [-0.05, 0) is 57.8 Å². The fourth-order valence-corrected chi connectivity index (χ4v) is 3.72. The molecular formula is C24H25NO2. The molecule has 0 aliphatic carbocycles. The number of hydrogen-bond acceptors (Lipinski definition) is 3. The van der Waals surface area contributed by atoms with Gasteiger partial charge in [-0.3, -0.25) is 0 Å². The van der Waals surface area contributed by atoms with E-state index in [0.717, 1.165) is 5.56 Å². The highest BCUT2D eigenvalue weighted by Crippen LogP contribution is 2.33. The van der Waals surface area contributed by atoms with Crippen molar-refractivity contribution in [2.45, 2.75) is 32.0 Å². The van der Waals surface area contributed by atoms with Crippen molar-refractivity contribution in [2.24, 2.45) is 0 Å². The van der Waals surface area contributed by atoms with E-state index in [1.54, 1.807) is 6.92 Å². The second kappa shape index (κ2) is 6.93. The van der Waals surface area contributed by atoms with Crippen LogP contribution >= 0.6 is 0 Å². The highest BCUT2D eigenvalue weighted by molar-refractivity contribution is 6.18. The summed E-state index contributed by atoms with van der Waals surface area (Å²) in [5.74, 6) is 0. The van der Waals surface area contributed by atoms with Gasteiger partial charge in [0.1, 0.15) is 0 Å². The number of benzene rings is 4. The van der Waals surface area contributed by atoms with Gasteiger partial charge < -0.3 is 15.5 Å². The van der Waals surface area contributed by atoms with Gasteiger partial charge >= 0.3 is 0 Å². The molecule has 1 unspecified atom stereocenters. The first-order valence-corrected chi connectivity index (χ1v) is 9.39. The first kappa shape index (κ1) is 17.9. The zero-order valence-corrected chi connectivity index (χ0v) is 15.7. The Kier molecular flexibility index (Phi) is 4.60. The van der Waals surface area contributed by atoms with E-state index in [0.29, 0.717) is 6.54 Å². The third-order valence-electron chi connectivity index (χ3n) is 5.79. The molecule has 3 heteroatoms. The molecule has 0 aliphatic rings. The normalized spacial score (nSPS) is 15.3. The van der Waals surface area contributed by atoms with E-state index in [9.17, 15) is 10.2 Å². The standard InChI is InChI=1S/C24H25NO2/c1-16(27)24(2,15-26)25-14-18-13-23-19-8-4-3-7-17(19)11-12-22(23)21-10-6-5-9-20(18)21/h3-13,16,25-27H,14-15H2,1-2H3/t16-,24?/m0/s1. The summed E-state index contributed by atoms with van der Waals surface area (Å²) < 4.78 is 0. The fraction of sp³-hybridized carbons (Fsp3) is 0.250. The lowest BCUT2D eigenvalue weighted by Gasteiger charge is -2.32. The van der Waals surface area contributed by atoms with Crippen LogP contribution in [-0.4, -0.2) is 28.5 Å². The van der Waals surface area contributed by atoms with Crippen LogP contribution in [0.2, 0.25) is 0 Å². The summed E-state index contributed by atoms with van der Waals surface area (Å²) in [6.45, 7) is 3.99. The van der Waals surface area contributed by atoms with Crippen molar-refractivity contribution in [3.05, 3.63) is 72.3 Å². The van der Waals surface area contributed by atoms with Crippen molar-refractivity contribution in [3.63, 3.8) is 0 Å². The lowest BCUT2D eigenvalue weighted by Crippen LogP contribution is -2.53. The van der Waals surface area contributed by atoms with Crippen LogP contribution in [0.4, 0.5) is 0 Å². The van der Waals surface area contributed by atoms with Crippen molar-refractivity contribution in [1.82, 2.24) is 5.32 Å². The Bertz CT molecular complexity index is 1120. The topological polar surface area (TPSA) is 52.5 Å². The molecule has 0 saturated carbocycles. The Labute approximate surface area is 159 Å². The first-order chi connectivity index (χ1) is 13.0. The van der Waals surface area contributed by atoms with E-state index < -0.39 is 11.6 Å². The lowest BCUT2D eigenvalue weighted by molar-refractivity contribution is 0.0404. The van der Waals surface area contributed by atoms with E-state index in [2.05, 4.69) is 72.0 Å². The van der Waals surface area contributed by atoms with Crippen molar-refractivity contribution in [2.75, 3.05) is 6.61 Å². The van der Waals surface area contributed by atoms with Gasteiger partial charge in [-0.15, -0.1) is 0 Å². The molecule has 4 aromatic carbocycles. The summed E-state index contributed by atoms with van der Waals surface area (Å²) in [5, 5.41) is 30.5. The molecule has 0 radical (unpaired) electrons. The highest BCUT2D eigenvalue weighted by Gasteiger charge is 2.28. The molecule has 0 heterocycles. The molecule has 0 amide bonds.